The molecule has 0 aromatic heterocycles. The predicted octanol–water partition coefficient (Wildman–Crippen LogP) is 4.19. The van der Waals surface area contributed by atoms with Crippen LogP contribution in [0.3, 0.4) is 0 Å². The SMILES string of the molecule is C[C@@H]1CN([C@@H](C)CO)C(=O)c2cc(NS(=O)(=O)c3ccc(Cl)cc3)ccc2O[C@H]1CN(C)Cc1ccc(C(=O)O)cc1. The first-order valence-electron chi connectivity index (χ1n) is 13.4. The molecular weight excluding hydrogens is 582 g/mol. The quantitative estimate of drug-likeness (QED) is 0.309. The number of aromatic carboxylic acids is 1. The largest absolute Gasteiger partial charge is 0.488 e. The molecule has 10 nitrogen and oxygen atoms in total. The van der Waals surface area contributed by atoms with Crippen LogP contribution in [0, 0.1) is 5.92 Å². The summed E-state index contributed by atoms with van der Waals surface area (Å²) >= 11 is 5.90. The summed E-state index contributed by atoms with van der Waals surface area (Å²) in [6.07, 6.45) is -0.356. The van der Waals surface area contributed by atoms with Gasteiger partial charge in [-0.25, -0.2) is 13.2 Å². The molecule has 0 unspecified atom stereocenters. The smallest absolute Gasteiger partial charge is 0.335 e. The number of carbonyl (C=O) groups is 2. The average Bonchev–Trinajstić information content (AvgIpc) is 2.95. The maximum Gasteiger partial charge on any atom is 0.335 e. The van der Waals surface area contributed by atoms with E-state index in [9.17, 15) is 23.1 Å². The fourth-order valence-electron chi connectivity index (χ4n) is 4.77. The van der Waals surface area contributed by atoms with E-state index in [0.717, 1.165) is 5.56 Å². The molecule has 0 saturated carbocycles. The third kappa shape index (κ3) is 7.40. The van der Waals surface area contributed by atoms with Gasteiger partial charge in [0.25, 0.3) is 15.9 Å². The number of hydrogen-bond donors (Lipinski definition) is 3. The van der Waals surface area contributed by atoms with Gasteiger partial charge in [0.05, 0.1) is 28.7 Å². The third-order valence-electron chi connectivity index (χ3n) is 7.19. The lowest BCUT2D eigenvalue weighted by Crippen LogP contribution is -2.49. The summed E-state index contributed by atoms with van der Waals surface area (Å²) in [7, 11) is -2.03. The highest BCUT2D eigenvalue weighted by molar-refractivity contribution is 7.92. The second kappa shape index (κ2) is 13.1. The van der Waals surface area contributed by atoms with E-state index in [1.165, 1.54) is 36.4 Å². The van der Waals surface area contributed by atoms with E-state index < -0.39 is 22.0 Å². The van der Waals surface area contributed by atoms with E-state index in [2.05, 4.69) is 9.62 Å². The van der Waals surface area contributed by atoms with Crippen molar-refractivity contribution in [3.63, 3.8) is 0 Å². The molecule has 1 heterocycles. The van der Waals surface area contributed by atoms with E-state index in [1.54, 1.807) is 42.2 Å². The third-order valence-corrected chi connectivity index (χ3v) is 8.84. The summed E-state index contributed by atoms with van der Waals surface area (Å²) in [5.41, 5.74) is 1.51. The molecule has 1 amide bonds. The van der Waals surface area contributed by atoms with Crippen LogP contribution in [0.25, 0.3) is 0 Å². The highest BCUT2D eigenvalue weighted by Crippen LogP contribution is 2.31. The molecule has 42 heavy (non-hydrogen) atoms. The van der Waals surface area contributed by atoms with Crippen LogP contribution in [-0.2, 0) is 16.6 Å². The number of nitrogens with one attached hydrogen (secondary N) is 1. The highest BCUT2D eigenvalue weighted by atomic mass is 35.5. The van der Waals surface area contributed by atoms with Crippen molar-refractivity contribution in [1.29, 1.82) is 0 Å². The minimum Gasteiger partial charge on any atom is -0.488 e. The summed E-state index contributed by atoms with van der Waals surface area (Å²) in [6.45, 7) is 4.83. The number of benzene rings is 3. The summed E-state index contributed by atoms with van der Waals surface area (Å²) in [6, 6.07) is 16.5. The van der Waals surface area contributed by atoms with Crippen molar-refractivity contribution in [3.05, 3.63) is 88.4 Å². The Labute approximate surface area is 250 Å². The molecule has 224 valence electrons. The maximum absolute atomic E-state index is 13.7. The van der Waals surface area contributed by atoms with Crippen LogP contribution in [0.4, 0.5) is 5.69 Å². The minimum atomic E-state index is -3.95. The van der Waals surface area contributed by atoms with Crippen molar-refractivity contribution in [2.45, 2.75) is 37.4 Å². The highest BCUT2D eigenvalue weighted by Gasteiger charge is 2.33. The molecule has 3 aromatic rings. The Bertz CT molecular complexity index is 1530. The number of halogens is 1. The van der Waals surface area contributed by atoms with E-state index >= 15 is 0 Å². The Morgan fingerprint density at radius 1 is 1.14 bits per heavy atom. The number of anilines is 1. The first-order chi connectivity index (χ1) is 19.9. The van der Waals surface area contributed by atoms with E-state index in [-0.39, 0.29) is 46.2 Å². The Morgan fingerprint density at radius 3 is 2.43 bits per heavy atom. The lowest BCUT2D eigenvalue weighted by Gasteiger charge is -2.38. The maximum atomic E-state index is 13.7. The van der Waals surface area contributed by atoms with Gasteiger partial charge in [0, 0.05) is 36.3 Å². The van der Waals surface area contributed by atoms with Gasteiger partial charge in [-0.2, -0.15) is 0 Å². The van der Waals surface area contributed by atoms with Crippen LogP contribution in [0.15, 0.2) is 71.6 Å². The number of fused-ring (bicyclic) bond motifs is 1. The molecule has 3 aromatic carbocycles. The number of carboxylic acids is 1. The lowest BCUT2D eigenvalue weighted by molar-refractivity contribution is 0.0341. The molecule has 0 saturated heterocycles. The molecule has 12 heteroatoms. The number of sulfonamides is 1. The number of likely N-dealkylation sites (N-methyl/N-ethyl adjacent to an activating group) is 1. The van der Waals surface area contributed by atoms with Gasteiger partial charge < -0.3 is 19.8 Å². The zero-order valence-electron chi connectivity index (χ0n) is 23.5. The molecule has 3 N–H and O–H groups in total. The minimum absolute atomic E-state index is 0.0197. The van der Waals surface area contributed by atoms with Crippen LogP contribution in [0.1, 0.15) is 40.1 Å². The van der Waals surface area contributed by atoms with Crippen LogP contribution in [-0.4, -0.2) is 79.2 Å². The summed E-state index contributed by atoms with van der Waals surface area (Å²) in [5.74, 6) is -1.17. The molecule has 0 aliphatic carbocycles. The van der Waals surface area contributed by atoms with Gasteiger partial charge in [0.2, 0.25) is 0 Å². The van der Waals surface area contributed by atoms with Gasteiger partial charge in [-0.3, -0.25) is 14.4 Å². The fourth-order valence-corrected chi connectivity index (χ4v) is 5.94. The Hall–Kier alpha value is -3.64. The van der Waals surface area contributed by atoms with Crippen molar-refractivity contribution in [3.8, 4) is 5.75 Å². The summed E-state index contributed by atoms with van der Waals surface area (Å²) in [5, 5.41) is 19.5. The van der Waals surface area contributed by atoms with Crippen molar-refractivity contribution in [2.24, 2.45) is 5.92 Å². The molecule has 0 fully saturated rings. The Balaban J connectivity index is 1.60. The number of carbonyl (C=O) groups excluding carboxylic acids is 1. The van der Waals surface area contributed by atoms with Crippen LogP contribution in [0.2, 0.25) is 5.02 Å². The van der Waals surface area contributed by atoms with Crippen LogP contribution < -0.4 is 9.46 Å². The Kier molecular flexibility index (Phi) is 9.78. The molecular formula is C30H34ClN3O7S. The first-order valence-corrected chi connectivity index (χ1v) is 15.3. The Morgan fingerprint density at radius 2 is 1.81 bits per heavy atom. The molecule has 0 radical (unpaired) electrons. The molecule has 1 aliphatic heterocycles. The van der Waals surface area contributed by atoms with Gasteiger partial charge in [0.1, 0.15) is 11.9 Å². The number of nitrogens with zero attached hydrogens (tertiary/aromatic N) is 2. The van der Waals surface area contributed by atoms with E-state index in [1.807, 2.05) is 14.0 Å². The monoisotopic (exact) mass is 615 g/mol. The number of amides is 1. The van der Waals surface area contributed by atoms with Crippen molar-refractivity contribution in [2.75, 3.05) is 31.5 Å². The topological polar surface area (TPSA) is 136 Å². The molecule has 1 aliphatic rings. The normalized spacial score (nSPS) is 18.0. The van der Waals surface area contributed by atoms with Crippen molar-refractivity contribution in [1.82, 2.24) is 9.80 Å². The molecule has 0 bridgehead atoms. The number of carboxylic acid groups (broad SMARTS) is 1. The fraction of sp³-hybridized carbons (Fsp3) is 0.333. The average molecular weight is 616 g/mol. The molecule has 0 spiro atoms. The van der Waals surface area contributed by atoms with Gasteiger partial charge in [-0.15, -0.1) is 0 Å². The lowest BCUT2D eigenvalue weighted by atomic mass is 9.99. The number of aliphatic hydroxyl groups is 1. The van der Waals surface area contributed by atoms with Crippen molar-refractivity contribution < 1.29 is 33.0 Å². The second-order valence-corrected chi connectivity index (χ2v) is 12.7. The van der Waals surface area contributed by atoms with Gasteiger partial charge in [0.15, 0.2) is 0 Å². The van der Waals surface area contributed by atoms with Crippen LogP contribution >= 0.6 is 11.6 Å². The second-order valence-electron chi connectivity index (χ2n) is 10.6. The van der Waals surface area contributed by atoms with Gasteiger partial charge >= 0.3 is 5.97 Å². The zero-order chi connectivity index (χ0) is 30.6. The number of ether oxygens (including phenoxy) is 1. The molecule has 4 rings (SSSR count). The predicted molar refractivity (Wildman–Crippen MR) is 160 cm³/mol. The number of rotatable bonds is 10. The first kappa shape index (κ1) is 31.3. The van der Waals surface area contributed by atoms with E-state index in [4.69, 9.17) is 21.4 Å². The van der Waals surface area contributed by atoms with Gasteiger partial charge in [-0.1, -0.05) is 30.7 Å². The zero-order valence-corrected chi connectivity index (χ0v) is 25.1. The number of aliphatic hydroxyl groups excluding tert-OH is 1. The summed E-state index contributed by atoms with van der Waals surface area (Å²) in [4.78, 5) is 28.5. The number of hydrogen-bond acceptors (Lipinski definition) is 7. The molecule has 3 atom stereocenters. The van der Waals surface area contributed by atoms with Crippen LogP contribution in [0.5, 0.6) is 5.75 Å². The van der Waals surface area contributed by atoms with E-state index in [0.29, 0.717) is 30.4 Å². The standard InChI is InChI=1S/C30H34ClN3O7S/c1-19-15-34(20(2)18-35)29(36)26-14-24(32-42(39,40)25-11-8-23(31)9-12-25)10-13-27(26)41-28(19)17-33(3)16-21-4-6-22(7-5-21)30(37)38/h4-14,19-20,28,32,35H,15-18H2,1-3H3,(H,37,38)/t19-,20+,28+/m1/s1. The van der Waals surface area contributed by atoms with Crippen molar-refractivity contribution >= 4 is 39.2 Å². The van der Waals surface area contributed by atoms with Gasteiger partial charge in [-0.05, 0) is 74.1 Å². The summed E-state index contributed by atoms with van der Waals surface area (Å²) < 4.78 is 34.9.